The summed E-state index contributed by atoms with van der Waals surface area (Å²) in [7, 11) is 1.62. The lowest BCUT2D eigenvalue weighted by molar-refractivity contribution is -0.138. The van der Waals surface area contributed by atoms with Gasteiger partial charge in [0.15, 0.2) is 11.5 Å². The molecule has 3 rings (SSSR count). The van der Waals surface area contributed by atoms with Gasteiger partial charge in [0.25, 0.3) is 5.54 Å². The van der Waals surface area contributed by atoms with Gasteiger partial charge in [-0.05, 0) is 37.5 Å². The fraction of sp³-hybridized carbons (Fsp3) is 0.579. The molecule has 1 aromatic rings. The molecule has 1 aliphatic heterocycles. The van der Waals surface area contributed by atoms with Gasteiger partial charge in [-0.15, -0.1) is 0 Å². The van der Waals surface area contributed by atoms with Gasteiger partial charge >= 0.3 is 5.97 Å². The topological polar surface area (TPSA) is 63.4 Å². The van der Waals surface area contributed by atoms with Crippen molar-refractivity contribution in [3.05, 3.63) is 35.2 Å². The van der Waals surface area contributed by atoms with Crippen LogP contribution in [-0.4, -0.2) is 48.8 Å². The highest BCUT2D eigenvalue weighted by molar-refractivity contribution is 5.69. The second kappa shape index (κ2) is 7.32. The van der Waals surface area contributed by atoms with E-state index in [1.165, 1.54) is 6.42 Å². The molecule has 0 bridgehead atoms. The van der Waals surface area contributed by atoms with E-state index in [-0.39, 0.29) is 12.6 Å². The fourth-order valence-electron chi connectivity index (χ4n) is 3.46. The molecule has 1 N–H and O–H groups in total. The van der Waals surface area contributed by atoms with Crippen molar-refractivity contribution in [2.75, 3.05) is 26.7 Å². The molecule has 134 valence electrons. The van der Waals surface area contributed by atoms with Crippen LogP contribution in [-0.2, 0) is 10.3 Å². The van der Waals surface area contributed by atoms with Crippen molar-refractivity contribution in [3.63, 3.8) is 0 Å². The second-order valence-electron chi connectivity index (χ2n) is 6.85. The molecule has 25 heavy (non-hydrogen) atoms. The van der Waals surface area contributed by atoms with E-state index in [4.69, 9.17) is 21.2 Å². The number of carbonyl (C=O) groups is 1. The lowest BCUT2D eigenvalue weighted by Crippen LogP contribution is -2.43. The molecule has 0 unspecified atom stereocenters. The van der Waals surface area contributed by atoms with Crippen LogP contribution in [0.25, 0.3) is 4.85 Å². The van der Waals surface area contributed by atoms with Crippen molar-refractivity contribution in [1.29, 1.82) is 0 Å². The van der Waals surface area contributed by atoms with Crippen LogP contribution in [0.4, 0.5) is 0 Å². The summed E-state index contributed by atoms with van der Waals surface area (Å²) in [5.74, 6) is 0.579. The molecule has 1 aliphatic carbocycles. The Kier molecular flexibility index (Phi) is 5.14. The Bertz CT molecular complexity index is 670. The van der Waals surface area contributed by atoms with Crippen LogP contribution in [0.3, 0.4) is 0 Å². The third kappa shape index (κ3) is 3.72. The number of likely N-dealkylation sites (tertiary alicyclic amines) is 1. The normalized spacial score (nSPS) is 20.3. The highest BCUT2D eigenvalue weighted by Gasteiger charge is 2.43. The van der Waals surface area contributed by atoms with Crippen LogP contribution in [0, 0.1) is 6.57 Å². The average Bonchev–Trinajstić information content (AvgIpc) is 2.58. The zero-order valence-electron chi connectivity index (χ0n) is 14.5. The zero-order valence-corrected chi connectivity index (χ0v) is 14.5. The van der Waals surface area contributed by atoms with Crippen molar-refractivity contribution in [2.45, 2.75) is 43.7 Å². The van der Waals surface area contributed by atoms with Crippen LogP contribution in [0.2, 0.25) is 0 Å². The highest BCUT2D eigenvalue weighted by atomic mass is 16.5. The maximum Gasteiger partial charge on any atom is 0.317 e. The molecule has 0 radical (unpaired) electrons. The molecule has 1 heterocycles. The fourth-order valence-corrected chi connectivity index (χ4v) is 3.46. The predicted molar refractivity (Wildman–Crippen MR) is 92.9 cm³/mol. The van der Waals surface area contributed by atoms with E-state index >= 15 is 0 Å². The molecule has 1 saturated carbocycles. The highest BCUT2D eigenvalue weighted by Crippen LogP contribution is 2.41. The smallest absolute Gasteiger partial charge is 0.317 e. The first-order chi connectivity index (χ1) is 12.1. The van der Waals surface area contributed by atoms with E-state index in [1.807, 2.05) is 23.1 Å². The van der Waals surface area contributed by atoms with Gasteiger partial charge in [0.05, 0.1) is 19.8 Å². The van der Waals surface area contributed by atoms with E-state index in [0.29, 0.717) is 37.4 Å². The molecular formula is C19H24N2O4. The Morgan fingerprint density at radius 1 is 1.36 bits per heavy atom. The molecule has 0 spiro atoms. The number of methoxy groups -OCH3 is 1. The van der Waals surface area contributed by atoms with Gasteiger partial charge in [-0.2, -0.15) is 0 Å². The molecule has 1 aromatic carbocycles. The van der Waals surface area contributed by atoms with Crippen LogP contribution in [0.15, 0.2) is 18.2 Å². The minimum absolute atomic E-state index is 0.0345. The number of aliphatic carboxylic acids is 1. The molecule has 6 nitrogen and oxygen atoms in total. The number of rotatable bonds is 6. The third-order valence-electron chi connectivity index (χ3n) is 5.30. The molecule has 6 heteroatoms. The summed E-state index contributed by atoms with van der Waals surface area (Å²) in [4.78, 5) is 16.7. The summed E-state index contributed by atoms with van der Waals surface area (Å²) < 4.78 is 11.5. The number of hydrogen-bond acceptors (Lipinski definition) is 4. The Balaban J connectivity index is 1.80. The van der Waals surface area contributed by atoms with E-state index in [2.05, 4.69) is 4.85 Å². The lowest BCUT2D eigenvalue weighted by atomic mass is 9.81. The minimum atomic E-state index is -0.823. The van der Waals surface area contributed by atoms with Crippen molar-refractivity contribution in [3.8, 4) is 11.5 Å². The standard InChI is InChI=1S/C19H24N2O4/c1-20-19(8-10-21(11-9-19)13-18(22)23)14-6-7-16(24-2)17(12-14)25-15-4-3-5-15/h6-7,12,15H,3-5,8-11,13H2,2H3,(H,22,23). The monoisotopic (exact) mass is 344 g/mol. The SMILES string of the molecule is [C-]#[N+]C1(c2ccc(OC)c(OC3CCC3)c2)CCN(CC(=O)O)CC1. The molecule has 0 amide bonds. The van der Waals surface area contributed by atoms with E-state index < -0.39 is 11.5 Å². The van der Waals surface area contributed by atoms with Gasteiger partial charge in [0.1, 0.15) is 0 Å². The summed E-state index contributed by atoms with van der Waals surface area (Å²) >= 11 is 0. The summed E-state index contributed by atoms with van der Waals surface area (Å²) in [6.45, 7) is 9.02. The second-order valence-corrected chi connectivity index (χ2v) is 6.85. The van der Waals surface area contributed by atoms with Crippen LogP contribution in [0.5, 0.6) is 11.5 Å². The Hall–Kier alpha value is -2.26. The Labute approximate surface area is 148 Å². The Morgan fingerprint density at radius 2 is 2.08 bits per heavy atom. The quantitative estimate of drug-likeness (QED) is 0.804. The summed E-state index contributed by atoms with van der Waals surface area (Å²) in [5.41, 5.74) is 0.325. The molecule has 0 aromatic heterocycles. The van der Waals surface area contributed by atoms with E-state index in [0.717, 1.165) is 18.4 Å². The summed E-state index contributed by atoms with van der Waals surface area (Å²) in [6, 6.07) is 5.76. The molecule has 1 saturated heterocycles. The number of ether oxygens (including phenoxy) is 2. The van der Waals surface area contributed by atoms with Crippen LogP contribution >= 0.6 is 0 Å². The number of piperidine rings is 1. The van der Waals surface area contributed by atoms with E-state index in [9.17, 15) is 4.79 Å². The molecule has 2 aliphatic rings. The van der Waals surface area contributed by atoms with Gasteiger partial charge in [-0.3, -0.25) is 9.69 Å². The van der Waals surface area contributed by atoms with Gasteiger partial charge in [0.2, 0.25) is 0 Å². The van der Waals surface area contributed by atoms with E-state index in [1.54, 1.807) is 7.11 Å². The first-order valence-corrected chi connectivity index (χ1v) is 8.74. The van der Waals surface area contributed by atoms with Crippen molar-refractivity contribution in [1.82, 2.24) is 4.90 Å². The van der Waals surface area contributed by atoms with Gasteiger partial charge in [-0.25, -0.2) is 6.57 Å². The number of nitrogens with zero attached hydrogens (tertiary/aromatic N) is 2. The zero-order chi connectivity index (χ0) is 17.9. The number of carboxylic acid groups (broad SMARTS) is 1. The van der Waals surface area contributed by atoms with Gasteiger partial charge in [-0.1, -0.05) is 0 Å². The maximum atomic E-state index is 10.9. The van der Waals surface area contributed by atoms with Gasteiger partial charge < -0.3 is 19.4 Å². The average molecular weight is 344 g/mol. The van der Waals surface area contributed by atoms with Crippen LogP contribution < -0.4 is 9.47 Å². The van der Waals surface area contributed by atoms with Crippen LogP contribution in [0.1, 0.15) is 37.7 Å². The number of benzene rings is 1. The third-order valence-corrected chi connectivity index (χ3v) is 5.30. The largest absolute Gasteiger partial charge is 0.493 e. The summed E-state index contributed by atoms with van der Waals surface area (Å²) in [5, 5.41) is 8.94. The summed E-state index contributed by atoms with van der Waals surface area (Å²) in [6.07, 6.45) is 4.80. The number of hydrogen-bond donors (Lipinski definition) is 1. The number of carboxylic acids is 1. The Morgan fingerprint density at radius 3 is 2.60 bits per heavy atom. The van der Waals surface area contributed by atoms with Crippen molar-refractivity contribution >= 4 is 5.97 Å². The first kappa shape index (κ1) is 17.6. The lowest BCUT2D eigenvalue weighted by Gasteiger charge is -2.34. The molecule has 0 atom stereocenters. The predicted octanol–water partition coefficient (Wildman–Crippen LogP) is 2.92. The first-order valence-electron chi connectivity index (χ1n) is 8.74. The van der Waals surface area contributed by atoms with Crippen molar-refractivity contribution in [2.24, 2.45) is 0 Å². The van der Waals surface area contributed by atoms with Crippen molar-refractivity contribution < 1.29 is 19.4 Å². The minimum Gasteiger partial charge on any atom is -0.493 e. The van der Waals surface area contributed by atoms with Gasteiger partial charge in [0, 0.05) is 31.5 Å². The molecular weight excluding hydrogens is 320 g/mol. The molecule has 2 fully saturated rings. The maximum absolute atomic E-state index is 10.9.